The van der Waals surface area contributed by atoms with Crippen LogP contribution in [0.15, 0.2) is 48.8 Å². The molecule has 10 nitrogen and oxygen atoms in total. The third-order valence-electron chi connectivity index (χ3n) is 8.65. The minimum Gasteiger partial charge on any atom is -0.480 e. The average Bonchev–Trinajstić information content (AvgIpc) is 3.77. The van der Waals surface area contributed by atoms with Crippen LogP contribution in [0.1, 0.15) is 43.5 Å². The number of hydrogen-bond acceptors (Lipinski definition) is 9. The molecule has 12 heteroatoms. The van der Waals surface area contributed by atoms with Crippen LogP contribution in [0.5, 0.6) is 11.8 Å². The van der Waals surface area contributed by atoms with Gasteiger partial charge in [0.1, 0.15) is 11.4 Å². The van der Waals surface area contributed by atoms with Crippen LogP contribution in [0.25, 0.3) is 33.6 Å². The quantitative estimate of drug-likeness (QED) is 0.168. The molecular formula is C35H38Cl2N6O4. The molecule has 2 atom stereocenters. The maximum atomic E-state index is 11.5. The maximum Gasteiger partial charge on any atom is 0.237 e. The second-order valence-corrected chi connectivity index (χ2v) is 12.6. The molecule has 0 unspecified atom stereocenters. The Hall–Kier alpha value is -3.83. The molecule has 4 heterocycles. The smallest absolute Gasteiger partial charge is 0.237 e. The number of nitrogens with zero attached hydrogens (tertiary/aromatic N) is 4. The van der Waals surface area contributed by atoms with Crippen LogP contribution in [-0.4, -0.2) is 65.9 Å². The van der Waals surface area contributed by atoms with E-state index in [1.54, 1.807) is 26.6 Å². The van der Waals surface area contributed by atoms with Crippen LogP contribution in [0, 0.1) is 5.92 Å². The second kappa shape index (κ2) is 15.4. The Bertz CT molecular complexity index is 1730. The van der Waals surface area contributed by atoms with E-state index < -0.39 is 0 Å². The number of benzene rings is 2. The highest BCUT2D eigenvalue weighted by atomic mass is 35.5. The van der Waals surface area contributed by atoms with Crippen LogP contribution in [0.2, 0.25) is 10.0 Å². The molecule has 47 heavy (non-hydrogen) atoms. The Morgan fingerprint density at radius 1 is 0.894 bits per heavy atom. The molecule has 2 aromatic carbocycles. The molecule has 2 aliphatic rings. The van der Waals surface area contributed by atoms with Gasteiger partial charge >= 0.3 is 0 Å². The summed E-state index contributed by atoms with van der Waals surface area (Å²) in [5, 5.41) is 7.44. The third kappa shape index (κ3) is 7.67. The molecule has 2 aliphatic heterocycles. The van der Waals surface area contributed by atoms with Crippen LogP contribution >= 0.6 is 23.2 Å². The first-order chi connectivity index (χ1) is 22.9. The van der Waals surface area contributed by atoms with Gasteiger partial charge in [-0.15, -0.1) is 0 Å². The van der Waals surface area contributed by atoms with Gasteiger partial charge in [-0.25, -0.2) is 9.97 Å². The lowest BCUT2D eigenvalue weighted by atomic mass is 9.98. The van der Waals surface area contributed by atoms with Crippen molar-refractivity contribution in [3.05, 3.63) is 70.2 Å². The number of nitrogens with one attached hydrogen (secondary N) is 2. The highest BCUT2D eigenvalue weighted by Gasteiger charge is 2.22. The van der Waals surface area contributed by atoms with Crippen molar-refractivity contribution in [3.8, 4) is 45.4 Å². The summed E-state index contributed by atoms with van der Waals surface area (Å²) in [7, 11) is 3.18. The fraction of sp³-hybridized carbons (Fsp3) is 0.400. The topological polar surface area (TPSA) is 120 Å². The van der Waals surface area contributed by atoms with Crippen molar-refractivity contribution in [3.63, 3.8) is 0 Å². The molecule has 6 rings (SSSR count). The summed E-state index contributed by atoms with van der Waals surface area (Å²) in [6, 6.07) is 11.7. The molecule has 4 aromatic rings. The van der Waals surface area contributed by atoms with E-state index in [-0.39, 0.29) is 11.9 Å². The Morgan fingerprint density at radius 3 is 2.09 bits per heavy atom. The summed E-state index contributed by atoms with van der Waals surface area (Å²) in [6.45, 7) is 3.00. The highest BCUT2D eigenvalue weighted by Crippen LogP contribution is 2.42. The predicted octanol–water partition coefficient (Wildman–Crippen LogP) is 6.32. The fourth-order valence-corrected chi connectivity index (χ4v) is 6.75. The molecule has 246 valence electrons. The summed E-state index contributed by atoms with van der Waals surface area (Å²) in [4.78, 5) is 30.4. The second-order valence-electron chi connectivity index (χ2n) is 11.8. The van der Waals surface area contributed by atoms with E-state index in [0.29, 0.717) is 69.6 Å². The Morgan fingerprint density at radius 2 is 1.51 bits per heavy atom. The number of ether oxygens (including phenoxy) is 3. The molecular weight excluding hydrogens is 639 g/mol. The van der Waals surface area contributed by atoms with Crippen LogP contribution in [0.3, 0.4) is 0 Å². The number of carbonyl (C=O) groups excluding carboxylic acids is 1. The predicted molar refractivity (Wildman–Crippen MR) is 182 cm³/mol. The molecule has 0 aliphatic carbocycles. The van der Waals surface area contributed by atoms with Gasteiger partial charge in [-0.3, -0.25) is 14.8 Å². The number of halogens is 2. The lowest BCUT2D eigenvalue weighted by Crippen LogP contribution is -2.25. The van der Waals surface area contributed by atoms with Gasteiger partial charge in [-0.05, 0) is 38.0 Å². The number of amides is 1. The molecule has 2 fully saturated rings. The summed E-state index contributed by atoms with van der Waals surface area (Å²) in [5.74, 6) is 1.54. The summed E-state index contributed by atoms with van der Waals surface area (Å²) in [6.07, 6.45) is 8.43. The third-order valence-corrected chi connectivity index (χ3v) is 9.46. The summed E-state index contributed by atoms with van der Waals surface area (Å²) < 4.78 is 16.7. The standard InChI is InChI=1S/C35H38Cl2N6O4/c1-45-34-27(11-3-6-22-12-13-31(44)41-22)39-18-28(42-34)25-9-4-7-23(32(25)36)24-8-5-10-26(33(24)37)29-19-40-30(35(43-29)46-2)17-38-16-21-14-15-47-20-21/h4-5,7-10,18-19,21-22,38H,3,6,11-17,20H2,1-2H3,(H,41,44)/t21-,22-/m1/s1. The molecule has 0 saturated carbocycles. The Labute approximate surface area is 284 Å². The van der Waals surface area contributed by atoms with Gasteiger partial charge < -0.3 is 24.8 Å². The molecule has 2 N–H and O–H groups in total. The van der Waals surface area contributed by atoms with Crippen molar-refractivity contribution >= 4 is 29.1 Å². The Balaban J connectivity index is 1.21. The van der Waals surface area contributed by atoms with Gasteiger partial charge in [-0.2, -0.15) is 0 Å². The van der Waals surface area contributed by atoms with Crippen molar-refractivity contribution in [2.75, 3.05) is 34.0 Å². The van der Waals surface area contributed by atoms with E-state index in [0.717, 1.165) is 68.0 Å². The summed E-state index contributed by atoms with van der Waals surface area (Å²) in [5.41, 5.74) is 5.59. The van der Waals surface area contributed by atoms with Gasteiger partial charge in [0.25, 0.3) is 0 Å². The minimum atomic E-state index is 0.126. The van der Waals surface area contributed by atoms with Crippen molar-refractivity contribution in [2.45, 2.75) is 51.1 Å². The number of hydrogen-bond donors (Lipinski definition) is 2. The molecule has 2 aromatic heterocycles. The number of carbonyl (C=O) groups is 1. The zero-order valence-corrected chi connectivity index (χ0v) is 28.0. The molecule has 0 bridgehead atoms. The van der Waals surface area contributed by atoms with E-state index in [4.69, 9.17) is 47.4 Å². The average molecular weight is 678 g/mol. The van der Waals surface area contributed by atoms with E-state index >= 15 is 0 Å². The van der Waals surface area contributed by atoms with E-state index in [9.17, 15) is 4.79 Å². The number of aromatic nitrogens is 4. The zero-order chi connectivity index (χ0) is 32.8. The molecule has 0 spiro atoms. The molecule has 2 saturated heterocycles. The van der Waals surface area contributed by atoms with Crippen LogP contribution < -0.4 is 20.1 Å². The molecule has 0 radical (unpaired) electrons. The van der Waals surface area contributed by atoms with Gasteiger partial charge in [0, 0.05) is 54.4 Å². The van der Waals surface area contributed by atoms with Gasteiger partial charge in [0.15, 0.2) is 0 Å². The van der Waals surface area contributed by atoms with E-state index in [1.165, 1.54) is 0 Å². The normalized spacial score (nSPS) is 17.6. The minimum absolute atomic E-state index is 0.126. The first-order valence-electron chi connectivity index (χ1n) is 15.9. The zero-order valence-electron chi connectivity index (χ0n) is 26.5. The summed E-state index contributed by atoms with van der Waals surface area (Å²) >= 11 is 14.1. The van der Waals surface area contributed by atoms with Gasteiger partial charge in [0.2, 0.25) is 17.7 Å². The van der Waals surface area contributed by atoms with E-state index in [2.05, 4.69) is 20.6 Å². The highest BCUT2D eigenvalue weighted by molar-refractivity contribution is 6.39. The lowest BCUT2D eigenvalue weighted by molar-refractivity contribution is -0.119. The lowest BCUT2D eigenvalue weighted by Gasteiger charge is -2.15. The first kappa shape index (κ1) is 33.1. The van der Waals surface area contributed by atoms with Crippen molar-refractivity contribution in [2.24, 2.45) is 5.92 Å². The van der Waals surface area contributed by atoms with Crippen LogP contribution in [-0.2, 0) is 22.5 Å². The van der Waals surface area contributed by atoms with Crippen molar-refractivity contribution < 1.29 is 19.0 Å². The SMILES string of the molecule is COc1nc(-c2cccc(-c3cccc(-c4cnc(CNC[C@H]5CCOC5)c(OC)n4)c3Cl)c2Cl)cnc1CCC[C@@H]1CCC(=O)N1. The number of rotatable bonds is 13. The van der Waals surface area contributed by atoms with Crippen molar-refractivity contribution in [1.82, 2.24) is 30.6 Å². The van der Waals surface area contributed by atoms with Gasteiger partial charge in [-0.1, -0.05) is 59.6 Å². The fourth-order valence-electron chi connectivity index (χ4n) is 6.10. The maximum absolute atomic E-state index is 11.5. The first-order valence-corrected chi connectivity index (χ1v) is 16.7. The van der Waals surface area contributed by atoms with Crippen LogP contribution in [0.4, 0.5) is 0 Å². The van der Waals surface area contributed by atoms with Crippen molar-refractivity contribution in [1.29, 1.82) is 0 Å². The molecule has 1 amide bonds. The van der Waals surface area contributed by atoms with E-state index in [1.807, 2.05) is 36.4 Å². The Kier molecular flexibility index (Phi) is 10.8. The largest absolute Gasteiger partial charge is 0.480 e. The number of methoxy groups -OCH3 is 2. The van der Waals surface area contributed by atoms with Gasteiger partial charge in [0.05, 0.1) is 54.7 Å². The number of aryl methyl sites for hydroxylation is 1. The monoisotopic (exact) mass is 676 g/mol.